The van der Waals surface area contributed by atoms with E-state index in [-0.39, 0.29) is 18.4 Å². The van der Waals surface area contributed by atoms with Gasteiger partial charge in [-0.25, -0.2) is 0 Å². The Bertz CT molecular complexity index is 607. The van der Waals surface area contributed by atoms with E-state index < -0.39 is 10.0 Å². The van der Waals surface area contributed by atoms with Crippen molar-refractivity contribution in [2.75, 3.05) is 13.1 Å². The van der Waals surface area contributed by atoms with Crippen molar-refractivity contribution >= 4 is 28.3 Å². The third kappa shape index (κ3) is 2.48. The highest BCUT2D eigenvalue weighted by Crippen LogP contribution is 2.28. The summed E-state index contributed by atoms with van der Waals surface area (Å²) in [6.45, 7) is 1.54. The number of hydrogen-bond donors (Lipinski definition) is 1. The van der Waals surface area contributed by atoms with Crippen molar-refractivity contribution in [3.8, 4) is 0 Å². The topological polar surface area (TPSA) is 75.8 Å². The second-order valence-electron chi connectivity index (χ2n) is 4.71. The molecule has 0 spiro atoms. The van der Waals surface area contributed by atoms with Gasteiger partial charge in [0, 0.05) is 24.7 Å². The van der Waals surface area contributed by atoms with Gasteiger partial charge in [-0.15, -0.1) is 16.8 Å². The van der Waals surface area contributed by atoms with Crippen molar-refractivity contribution in [2.24, 2.45) is 10.1 Å². The Labute approximate surface area is 119 Å². The number of fused-ring (bicyclic) bond motifs is 1. The summed E-state index contributed by atoms with van der Waals surface area (Å²) in [4.78, 5) is 2.34. The van der Waals surface area contributed by atoms with E-state index >= 15 is 0 Å². The van der Waals surface area contributed by atoms with E-state index in [4.69, 9.17) is 5.73 Å². The number of likely N-dealkylation sites (tertiary alicyclic amines) is 1. The molecule has 5 nitrogen and oxygen atoms in total. The Kier molecular flexibility index (Phi) is 3.85. The Morgan fingerprint density at radius 1 is 1.21 bits per heavy atom. The first kappa shape index (κ1) is 14.3. The van der Waals surface area contributed by atoms with Crippen LogP contribution in [0.5, 0.6) is 0 Å². The molecule has 0 aliphatic carbocycles. The van der Waals surface area contributed by atoms with Gasteiger partial charge in [0.2, 0.25) is 0 Å². The lowest BCUT2D eigenvalue weighted by molar-refractivity contribution is 0.314. The molecule has 3 rings (SSSR count). The van der Waals surface area contributed by atoms with Crippen molar-refractivity contribution in [1.82, 2.24) is 4.90 Å². The van der Waals surface area contributed by atoms with Gasteiger partial charge in [0.15, 0.2) is 5.84 Å². The number of halogens is 1. The fourth-order valence-corrected chi connectivity index (χ4v) is 3.66. The number of rotatable bonds is 0. The van der Waals surface area contributed by atoms with Gasteiger partial charge in [-0.1, -0.05) is 12.1 Å². The minimum absolute atomic E-state index is 0. The molecule has 0 bridgehead atoms. The van der Waals surface area contributed by atoms with Crippen LogP contribution in [0.4, 0.5) is 0 Å². The number of amidine groups is 1. The van der Waals surface area contributed by atoms with Gasteiger partial charge < -0.3 is 10.6 Å². The molecule has 0 saturated carbocycles. The van der Waals surface area contributed by atoms with E-state index in [1.54, 1.807) is 12.1 Å². The average molecular weight is 302 g/mol. The molecular weight excluding hydrogens is 286 g/mol. The maximum atomic E-state index is 11.9. The Balaban J connectivity index is 0.00000133. The second kappa shape index (κ2) is 5.11. The zero-order valence-electron chi connectivity index (χ0n) is 10.3. The minimum atomic E-state index is -3.50. The fourth-order valence-electron chi connectivity index (χ4n) is 2.43. The Morgan fingerprint density at radius 2 is 1.84 bits per heavy atom. The number of sulfonamides is 1. The lowest BCUT2D eigenvalue weighted by Crippen LogP contribution is -2.42. The molecule has 0 atom stereocenters. The summed E-state index contributed by atoms with van der Waals surface area (Å²) >= 11 is 0. The molecule has 0 amide bonds. The predicted octanol–water partition coefficient (Wildman–Crippen LogP) is 0.980. The first-order valence-corrected chi connectivity index (χ1v) is 7.47. The molecular formula is C12H16ClN3O2S. The molecule has 0 unspecified atom stereocenters. The Morgan fingerprint density at radius 3 is 2.53 bits per heavy atom. The lowest BCUT2D eigenvalue weighted by atomic mass is 10.0. The highest BCUT2D eigenvalue weighted by atomic mass is 35.5. The van der Waals surface area contributed by atoms with Crippen LogP contribution >= 0.6 is 12.4 Å². The lowest BCUT2D eigenvalue weighted by Gasteiger charge is -2.31. The summed E-state index contributed by atoms with van der Waals surface area (Å²) in [6.07, 6.45) is 1.75. The molecule has 0 aromatic heterocycles. The van der Waals surface area contributed by atoms with Crippen LogP contribution in [0.3, 0.4) is 0 Å². The van der Waals surface area contributed by atoms with Crippen molar-refractivity contribution < 1.29 is 8.42 Å². The molecule has 0 radical (unpaired) electrons. The number of piperidine rings is 1. The molecule has 2 N–H and O–H groups in total. The SMILES string of the molecule is Cl.NC1CCN(C2=NS(=O)(=O)c3ccccc32)CC1. The second-order valence-corrected chi connectivity index (χ2v) is 6.28. The van der Waals surface area contributed by atoms with Gasteiger partial charge in [-0.2, -0.15) is 8.42 Å². The van der Waals surface area contributed by atoms with Crippen molar-refractivity contribution in [2.45, 2.75) is 23.8 Å². The van der Waals surface area contributed by atoms with Gasteiger partial charge in [0.1, 0.15) is 4.90 Å². The number of benzene rings is 1. The van der Waals surface area contributed by atoms with Crippen LogP contribution in [0, 0.1) is 0 Å². The maximum absolute atomic E-state index is 11.9. The van der Waals surface area contributed by atoms with Gasteiger partial charge >= 0.3 is 0 Å². The van der Waals surface area contributed by atoms with Gasteiger partial charge in [-0.3, -0.25) is 0 Å². The van der Waals surface area contributed by atoms with Crippen LogP contribution < -0.4 is 5.73 Å². The molecule has 1 aromatic rings. The predicted molar refractivity (Wildman–Crippen MR) is 76.2 cm³/mol. The highest BCUT2D eigenvalue weighted by molar-refractivity contribution is 7.90. The zero-order chi connectivity index (χ0) is 12.8. The zero-order valence-corrected chi connectivity index (χ0v) is 12.0. The minimum Gasteiger partial charge on any atom is -0.355 e. The standard InChI is InChI=1S/C12H15N3O2S.ClH/c13-9-5-7-15(8-6-9)12-10-3-1-2-4-11(10)18(16,17)14-12;/h1-4,9H,5-8,13H2;1H. The quantitative estimate of drug-likeness (QED) is 0.775. The van der Waals surface area contributed by atoms with Crippen LogP contribution in [0.2, 0.25) is 0 Å². The Hall–Kier alpha value is -1.11. The van der Waals surface area contributed by atoms with Gasteiger partial charge in [0.05, 0.1) is 0 Å². The molecule has 7 heteroatoms. The third-order valence-corrected chi connectivity index (χ3v) is 4.78. The maximum Gasteiger partial charge on any atom is 0.285 e. The molecule has 1 saturated heterocycles. The van der Waals surface area contributed by atoms with E-state index in [0.29, 0.717) is 16.3 Å². The van der Waals surface area contributed by atoms with E-state index in [0.717, 1.165) is 25.9 Å². The summed E-state index contributed by atoms with van der Waals surface area (Å²) in [5, 5.41) is 0. The van der Waals surface area contributed by atoms with Crippen LogP contribution in [0.1, 0.15) is 18.4 Å². The largest absolute Gasteiger partial charge is 0.355 e. The summed E-state index contributed by atoms with van der Waals surface area (Å²) in [6, 6.07) is 7.20. The van der Waals surface area contributed by atoms with Gasteiger partial charge in [-0.05, 0) is 25.0 Å². The molecule has 2 aliphatic heterocycles. The smallest absolute Gasteiger partial charge is 0.285 e. The molecule has 1 fully saturated rings. The van der Waals surface area contributed by atoms with E-state index in [9.17, 15) is 8.42 Å². The summed E-state index contributed by atoms with van der Waals surface area (Å²) < 4.78 is 27.8. The summed E-state index contributed by atoms with van der Waals surface area (Å²) in [7, 11) is -3.50. The fraction of sp³-hybridized carbons (Fsp3) is 0.417. The molecule has 2 heterocycles. The van der Waals surface area contributed by atoms with Crippen LogP contribution in [-0.4, -0.2) is 38.3 Å². The monoisotopic (exact) mass is 301 g/mol. The molecule has 2 aliphatic rings. The first-order valence-electron chi connectivity index (χ1n) is 6.03. The summed E-state index contributed by atoms with van der Waals surface area (Å²) in [5.74, 6) is 0.581. The van der Waals surface area contributed by atoms with Crippen molar-refractivity contribution in [3.63, 3.8) is 0 Å². The summed E-state index contributed by atoms with van der Waals surface area (Å²) in [5.41, 5.74) is 6.57. The third-order valence-electron chi connectivity index (χ3n) is 3.45. The molecule has 104 valence electrons. The van der Waals surface area contributed by atoms with E-state index in [1.807, 2.05) is 17.0 Å². The number of nitrogens with two attached hydrogens (primary N) is 1. The number of hydrogen-bond acceptors (Lipinski definition) is 4. The van der Waals surface area contributed by atoms with Crippen molar-refractivity contribution in [1.29, 1.82) is 0 Å². The molecule has 1 aromatic carbocycles. The normalized spacial score (nSPS) is 21.5. The average Bonchev–Trinajstić information content (AvgIpc) is 2.63. The van der Waals surface area contributed by atoms with Crippen LogP contribution in [0.25, 0.3) is 0 Å². The van der Waals surface area contributed by atoms with Gasteiger partial charge in [0.25, 0.3) is 10.0 Å². The van der Waals surface area contributed by atoms with Crippen molar-refractivity contribution in [3.05, 3.63) is 29.8 Å². The first-order chi connectivity index (χ1) is 8.58. The molecule has 19 heavy (non-hydrogen) atoms. The number of nitrogens with zero attached hydrogens (tertiary/aromatic N) is 2. The highest BCUT2D eigenvalue weighted by Gasteiger charge is 2.32. The van der Waals surface area contributed by atoms with E-state index in [1.165, 1.54) is 0 Å². The van der Waals surface area contributed by atoms with Crippen LogP contribution in [0.15, 0.2) is 33.6 Å². The van der Waals surface area contributed by atoms with Crippen LogP contribution in [-0.2, 0) is 10.0 Å². The van der Waals surface area contributed by atoms with E-state index in [2.05, 4.69) is 4.40 Å².